The molecule has 1 aromatic heterocycles. The summed E-state index contributed by atoms with van der Waals surface area (Å²) in [5.74, 6) is -0.0918. The van der Waals surface area contributed by atoms with E-state index in [4.69, 9.17) is 4.74 Å². The number of nitrogens with one attached hydrogen (secondary N) is 1. The number of aromatic nitrogens is 1. The number of Topliss-reactive ketones (excluding diaryl/α,β-unsaturated/α-hetero) is 1. The molecule has 0 aliphatic carbocycles. The van der Waals surface area contributed by atoms with E-state index in [1.54, 1.807) is 27.0 Å². The fourth-order valence-electron chi connectivity index (χ4n) is 1.06. The van der Waals surface area contributed by atoms with Gasteiger partial charge in [0.2, 0.25) is 0 Å². The molecule has 17 heavy (non-hydrogen) atoms. The third-order valence-electron chi connectivity index (χ3n) is 1.66. The van der Waals surface area contributed by atoms with E-state index in [1.807, 2.05) is 5.38 Å². The number of ether oxygens (including phenoxy) is 1. The number of amides is 1. The van der Waals surface area contributed by atoms with Crippen LogP contribution in [0.3, 0.4) is 0 Å². The van der Waals surface area contributed by atoms with Gasteiger partial charge in [-0.05, 0) is 20.8 Å². The highest BCUT2D eigenvalue weighted by Gasteiger charge is 2.16. The monoisotopic (exact) mass is 256 g/mol. The summed E-state index contributed by atoms with van der Waals surface area (Å²) < 4.78 is 5.01. The topological polar surface area (TPSA) is 68.3 Å². The van der Waals surface area contributed by atoms with Gasteiger partial charge in [-0.1, -0.05) is 0 Å². The number of carbonyl (C=O) groups excluding carboxylic acids is 2. The average molecular weight is 256 g/mol. The molecule has 0 bridgehead atoms. The molecule has 0 spiro atoms. The van der Waals surface area contributed by atoms with Crippen LogP contribution in [0.5, 0.6) is 0 Å². The largest absolute Gasteiger partial charge is 0.444 e. The lowest BCUT2D eigenvalue weighted by Crippen LogP contribution is -2.35. The molecule has 1 rings (SSSR count). The molecule has 0 saturated carbocycles. The van der Waals surface area contributed by atoms with E-state index in [-0.39, 0.29) is 18.7 Å². The van der Waals surface area contributed by atoms with Gasteiger partial charge < -0.3 is 10.1 Å². The predicted molar refractivity (Wildman–Crippen MR) is 65.1 cm³/mol. The van der Waals surface area contributed by atoms with Crippen LogP contribution in [-0.2, 0) is 16.0 Å². The van der Waals surface area contributed by atoms with E-state index < -0.39 is 11.7 Å². The Morgan fingerprint density at radius 2 is 2.18 bits per heavy atom. The van der Waals surface area contributed by atoms with Crippen LogP contribution in [0.1, 0.15) is 25.8 Å². The maximum Gasteiger partial charge on any atom is 0.408 e. The van der Waals surface area contributed by atoms with Crippen molar-refractivity contribution in [2.45, 2.75) is 32.8 Å². The van der Waals surface area contributed by atoms with Crippen molar-refractivity contribution in [1.29, 1.82) is 0 Å². The molecule has 6 heteroatoms. The van der Waals surface area contributed by atoms with Gasteiger partial charge in [0.05, 0.1) is 18.0 Å². The van der Waals surface area contributed by atoms with Crippen LogP contribution in [-0.4, -0.2) is 29.0 Å². The lowest BCUT2D eigenvalue weighted by Gasteiger charge is -2.19. The molecule has 0 aliphatic heterocycles. The van der Waals surface area contributed by atoms with Crippen molar-refractivity contribution in [1.82, 2.24) is 10.3 Å². The van der Waals surface area contributed by atoms with Crippen molar-refractivity contribution in [2.75, 3.05) is 6.54 Å². The SMILES string of the molecule is CC(C)(C)OC(=O)NCC(=O)Cc1nccs1. The molecule has 1 heterocycles. The molecule has 0 saturated heterocycles. The zero-order valence-corrected chi connectivity index (χ0v) is 11.0. The van der Waals surface area contributed by atoms with Gasteiger partial charge in [0, 0.05) is 11.6 Å². The van der Waals surface area contributed by atoms with Gasteiger partial charge in [-0.15, -0.1) is 11.3 Å². The third kappa shape index (κ3) is 6.01. The molecular formula is C11H16N2O3S. The number of nitrogens with zero attached hydrogens (tertiary/aromatic N) is 1. The molecule has 0 fully saturated rings. The number of ketones is 1. The van der Waals surface area contributed by atoms with Gasteiger partial charge in [-0.25, -0.2) is 9.78 Å². The minimum atomic E-state index is -0.579. The van der Waals surface area contributed by atoms with Crippen molar-refractivity contribution in [3.63, 3.8) is 0 Å². The summed E-state index contributed by atoms with van der Waals surface area (Å²) >= 11 is 1.42. The number of hydrogen-bond acceptors (Lipinski definition) is 5. The molecule has 0 atom stereocenters. The highest BCUT2D eigenvalue weighted by atomic mass is 32.1. The number of thiazole rings is 1. The first-order valence-corrected chi connectivity index (χ1v) is 6.12. The molecule has 0 radical (unpaired) electrons. The first kappa shape index (κ1) is 13.6. The second kappa shape index (κ2) is 5.77. The summed E-state index contributed by atoms with van der Waals surface area (Å²) in [6.45, 7) is 5.27. The highest BCUT2D eigenvalue weighted by molar-refractivity contribution is 7.09. The average Bonchev–Trinajstić information content (AvgIpc) is 2.64. The molecule has 1 aromatic rings. The lowest BCUT2D eigenvalue weighted by atomic mass is 10.2. The maximum absolute atomic E-state index is 11.5. The summed E-state index contributed by atoms with van der Waals surface area (Å²) in [5, 5.41) is 4.98. The zero-order chi connectivity index (χ0) is 12.9. The van der Waals surface area contributed by atoms with Gasteiger partial charge in [-0.2, -0.15) is 0 Å². The smallest absolute Gasteiger partial charge is 0.408 e. The van der Waals surface area contributed by atoms with Crippen LogP contribution < -0.4 is 5.32 Å². The van der Waals surface area contributed by atoms with Crippen molar-refractivity contribution in [2.24, 2.45) is 0 Å². The fourth-order valence-corrected chi connectivity index (χ4v) is 1.70. The van der Waals surface area contributed by atoms with E-state index in [0.29, 0.717) is 0 Å². The Balaban J connectivity index is 2.26. The van der Waals surface area contributed by atoms with E-state index in [1.165, 1.54) is 11.3 Å². The first-order chi connectivity index (χ1) is 7.87. The van der Waals surface area contributed by atoms with Crippen LogP contribution in [0.2, 0.25) is 0 Å². The van der Waals surface area contributed by atoms with Gasteiger partial charge in [-0.3, -0.25) is 4.79 Å². The zero-order valence-electron chi connectivity index (χ0n) is 10.1. The Hall–Kier alpha value is -1.43. The maximum atomic E-state index is 11.5. The third-order valence-corrected chi connectivity index (χ3v) is 2.44. The predicted octanol–water partition coefficient (Wildman–Crippen LogP) is 1.78. The quantitative estimate of drug-likeness (QED) is 0.891. The molecule has 1 amide bonds. The number of hydrogen-bond donors (Lipinski definition) is 1. The highest BCUT2D eigenvalue weighted by Crippen LogP contribution is 2.07. The summed E-state index contributed by atoms with van der Waals surface area (Å²) in [5.41, 5.74) is -0.553. The van der Waals surface area contributed by atoms with E-state index >= 15 is 0 Å². The minimum absolute atomic E-state index is 0.0332. The van der Waals surface area contributed by atoms with Gasteiger partial charge in [0.1, 0.15) is 5.60 Å². The Morgan fingerprint density at radius 1 is 1.47 bits per heavy atom. The molecule has 1 N–H and O–H groups in total. The summed E-state index contributed by atoms with van der Waals surface area (Å²) in [7, 11) is 0. The minimum Gasteiger partial charge on any atom is -0.444 e. The van der Waals surface area contributed by atoms with Crippen molar-refractivity contribution < 1.29 is 14.3 Å². The molecule has 0 unspecified atom stereocenters. The molecular weight excluding hydrogens is 240 g/mol. The van der Waals surface area contributed by atoms with Crippen LogP contribution in [0.15, 0.2) is 11.6 Å². The Morgan fingerprint density at radius 3 is 2.71 bits per heavy atom. The summed E-state index contributed by atoms with van der Waals surface area (Å²) in [6, 6.07) is 0. The Kier molecular flexibility index (Phi) is 4.62. The van der Waals surface area contributed by atoms with Gasteiger partial charge in [0.25, 0.3) is 0 Å². The first-order valence-electron chi connectivity index (χ1n) is 5.24. The summed E-state index contributed by atoms with van der Waals surface area (Å²) in [4.78, 5) is 26.7. The van der Waals surface area contributed by atoms with Crippen molar-refractivity contribution in [3.05, 3.63) is 16.6 Å². The molecule has 0 aromatic carbocycles. The molecule has 94 valence electrons. The van der Waals surface area contributed by atoms with Crippen LogP contribution >= 0.6 is 11.3 Å². The van der Waals surface area contributed by atoms with Crippen LogP contribution in [0, 0.1) is 0 Å². The number of alkyl carbamates (subject to hydrolysis) is 1. The Bertz CT molecular complexity index is 382. The van der Waals surface area contributed by atoms with E-state index in [0.717, 1.165) is 5.01 Å². The second-order valence-corrected chi connectivity index (χ2v) is 5.48. The second-order valence-electron chi connectivity index (χ2n) is 4.50. The van der Waals surface area contributed by atoms with Crippen molar-refractivity contribution >= 4 is 23.2 Å². The van der Waals surface area contributed by atoms with E-state index in [9.17, 15) is 9.59 Å². The Labute approximate surface area is 104 Å². The van der Waals surface area contributed by atoms with Crippen LogP contribution in [0.4, 0.5) is 4.79 Å². The molecule has 5 nitrogen and oxygen atoms in total. The van der Waals surface area contributed by atoms with Gasteiger partial charge >= 0.3 is 6.09 Å². The normalized spacial score (nSPS) is 11.0. The lowest BCUT2D eigenvalue weighted by molar-refractivity contribution is -0.117. The molecule has 0 aliphatic rings. The number of carbonyl (C=O) groups is 2. The summed E-state index contributed by atoms with van der Waals surface area (Å²) in [6.07, 6.45) is 1.31. The van der Waals surface area contributed by atoms with Crippen molar-refractivity contribution in [3.8, 4) is 0 Å². The fraction of sp³-hybridized carbons (Fsp3) is 0.545. The van der Waals surface area contributed by atoms with Gasteiger partial charge in [0.15, 0.2) is 5.78 Å². The number of rotatable bonds is 4. The standard InChI is InChI=1S/C11H16N2O3S/c1-11(2,3)16-10(15)13-7-8(14)6-9-12-4-5-17-9/h4-5H,6-7H2,1-3H3,(H,13,15). The van der Waals surface area contributed by atoms with E-state index in [2.05, 4.69) is 10.3 Å². The van der Waals surface area contributed by atoms with Crippen LogP contribution in [0.25, 0.3) is 0 Å².